The van der Waals surface area contributed by atoms with Crippen LogP contribution in [0.5, 0.6) is 0 Å². The van der Waals surface area contributed by atoms with Gasteiger partial charge in [-0.3, -0.25) is 0 Å². The van der Waals surface area contributed by atoms with Crippen LogP contribution in [0.25, 0.3) is 0 Å². The summed E-state index contributed by atoms with van der Waals surface area (Å²) < 4.78 is 0. The highest BCUT2D eigenvalue weighted by Crippen LogP contribution is 2.26. The van der Waals surface area contributed by atoms with Crippen LogP contribution < -0.4 is 5.32 Å². The van der Waals surface area contributed by atoms with Gasteiger partial charge in [0.2, 0.25) is 0 Å². The predicted octanol–water partition coefficient (Wildman–Crippen LogP) is 1.64. The Morgan fingerprint density at radius 1 is 1.15 bits per heavy atom. The third-order valence-electron chi connectivity index (χ3n) is 3.48. The zero-order chi connectivity index (χ0) is 9.68. The molecule has 0 bridgehead atoms. The summed E-state index contributed by atoms with van der Waals surface area (Å²) in [7, 11) is 0. The second-order valence-corrected chi connectivity index (χ2v) is 4.28. The van der Waals surface area contributed by atoms with Crippen molar-refractivity contribution in [3.05, 3.63) is 0 Å². The van der Waals surface area contributed by atoms with E-state index < -0.39 is 0 Å². The molecule has 1 fully saturated rings. The summed E-state index contributed by atoms with van der Waals surface area (Å²) in [6, 6.07) is 0. The lowest BCUT2D eigenvalue weighted by molar-refractivity contribution is 0.158. The number of aliphatic hydroxyl groups is 1. The highest BCUT2D eigenvalue weighted by Gasteiger charge is 2.25. The zero-order valence-electron chi connectivity index (χ0n) is 8.92. The number of hydrogen-bond acceptors (Lipinski definition) is 2. The van der Waals surface area contributed by atoms with Crippen molar-refractivity contribution in [1.29, 1.82) is 0 Å². The van der Waals surface area contributed by atoms with Gasteiger partial charge in [-0.2, -0.15) is 0 Å². The molecule has 3 atom stereocenters. The molecule has 0 aromatic rings. The van der Waals surface area contributed by atoms with E-state index >= 15 is 0 Å². The summed E-state index contributed by atoms with van der Waals surface area (Å²) in [4.78, 5) is 0. The Labute approximate surface area is 81.7 Å². The normalized spacial score (nSPS) is 35.8. The minimum Gasteiger partial charge on any atom is -0.396 e. The fourth-order valence-electron chi connectivity index (χ4n) is 2.36. The van der Waals surface area contributed by atoms with Crippen molar-refractivity contribution in [2.24, 2.45) is 17.8 Å². The monoisotopic (exact) mass is 185 g/mol. The van der Waals surface area contributed by atoms with Crippen LogP contribution in [0.3, 0.4) is 0 Å². The first-order valence-electron chi connectivity index (χ1n) is 5.63. The number of aliphatic hydroxyl groups excluding tert-OH is 1. The summed E-state index contributed by atoms with van der Waals surface area (Å²) in [6.07, 6.45) is 3.63. The molecule has 2 heteroatoms. The van der Waals surface area contributed by atoms with Gasteiger partial charge in [-0.25, -0.2) is 0 Å². The Bertz CT molecular complexity index is 138. The summed E-state index contributed by atoms with van der Waals surface area (Å²) in [5.41, 5.74) is 0. The molecule has 0 aromatic carbocycles. The van der Waals surface area contributed by atoms with E-state index in [1.165, 1.54) is 19.3 Å². The molecule has 2 N–H and O–H groups in total. The summed E-state index contributed by atoms with van der Waals surface area (Å²) in [6.45, 7) is 7.08. The summed E-state index contributed by atoms with van der Waals surface area (Å²) >= 11 is 0. The first-order chi connectivity index (χ1) is 6.31. The second-order valence-electron chi connectivity index (χ2n) is 4.28. The first-order valence-corrected chi connectivity index (χ1v) is 5.63. The van der Waals surface area contributed by atoms with Crippen LogP contribution in [0.1, 0.15) is 33.1 Å². The van der Waals surface area contributed by atoms with Crippen LogP contribution in [-0.4, -0.2) is 24.8 Å². The highest BCUT2D eigenvalue weighted by atomic mass is 16.3. The molecule has 13 heavy (non-hydrogen) atoms. The summed E-state index contributed by atoms with van der Waals surface area (Å²) in [5, 5.41) is 12.8. The predicted molar refractivity (Wildman–Crippen MR) is 55.6 cm³/mol. The molecule has 0 radical (unpaired) electrons. The van der Waals surface area contributed by atoms with E-state index in [1.807, 2.05) is 0 Å². The van der Waals surface area contributed by atoms with E-state index in [4.69, 9.17) is 0 Å². The smallest absolute Gasteiger partial charge is 0.0462 e. The van der Waals surface area contributed by atoms with E-state index in [-0.39, 0.29) is 0 Å². The third-order valence-corrected chi connectivity index (χ3v) is 3.48. The van der Waals surface area contributed by atoms with Gasteiger partial charge in [-0.05, 0) is 37.3 Å². The number of nitrogens with one attached hydrogen (secondary N) is 1. The van der Waals surface area contributed by atoms with Crippen molar-refractivity contribution < 1.29 is 5.11 Å². The summed E-state index contributed by atoms with van der Waals surface area (Å²) in [5.74, 6) is 1.99. The van der Waals surface area contributed by atoms with E-state index in [1.54, 1.807) is 0 Å². The van der Waals surface area contributed by atoms with Gasteiger partial charge in [-0.15, -0.1) is 0 Å². The highest BCUT2D eigenvalue weighted by molar-refractivity contribution is 4.78. The van der Waals surface area contributed by atoms with Crippen LogP contribution >= 0.6 is 0 Å². The van der Waals surface area contributed by atoms with E-state index in [2.05, 4.69) is 19.2 Å². The van der Waals surface area contributed by atoms with Gasteiger partial charge >= 0.3 is 0 Å². The molecule has 1 saturated heterocycles. The molecule has 0 aromatic heterocycles. The number of hydrogen-bond donors (Lipinski definition) is 2. The van der Waals surface area contributed by atoms with Gasteiger partial charge in [-0.1, -0.05) is 26.7 Å². The van der Waals surface area contributed by atoms with E-state index in [0.717, 1.165) is 19.0 Å². The maximum absolute atomic E-state index is 9.30. The molecule has 78 valence electrons. The van der Waals surface area contributed by atoms with Crippen molar-refractivity contribution >= 4 is 0 Å². The quantitative estimate of drug-likeness (QED) is 0.700. The lowest BCUT2D eigenvalue weighted by atomic mass is 9.84. The second kappa shape index (κ2) is 5.61. The topological polar surface area (TPSA) is 32.3 Å². The first kappa shape index (κ1) is 11.0. The van der Waals surface area contributed by atoms with Crippen molar-refractivity contribution in [2.45, 2.75) is 33.1 Å². The van der Waals surface area contributed by atoms with Crippen molar-refractivity contribution in [2.75, 3.05) is 19.7 Å². The van der Waals surface area contributed by atoms with Crippen molar-refractivity contribution in [1.82, 2.24) is 5.32 Å². The standard InChI is InChI=1S/C11H23NO/c1-3-9-5-11(8-13)10(4-2)7-12-6-9/h9-13H,3-8H2,1-2H3. The lowest BCUT2D eigenvalue weighted by Crippen LogP contribution is -2.26. The molecule has 3 unspecified atom stereocenters. The number of rotatable bonds is 3. The van der Waals surface area contributed by atoms with Crippen LogP contribution in [0.15, 0.2) is 0 Å². The molecule has 2 nitrogen and oxygen atoms in total. The Kier molecular flexibility index (Phi) is 4.74. The van der Waals surface area contributed by atoms with E-state index in [9.17, 15) is 5.11 Å². The van der Waals surface area contributed by atoms with Gasteiger partial charge in [0, 0.05) is 6.61 Å². The maximum Gasteiger partial charge on any atom is 0.0462 e. The van der Waals surface area contributed by atoms with Crippen molar-refractivity contribution in [3.8, 4) is 0 Å². The van der Waals surface area contributed by atoms with Gasteiger partial charge in [0.25, 0.3) is 0 Å². The SMILES string of the molecule is CCC1CNCC(CC)C(CO)C1. The average Bonchev–Trinajstić information content (AvgIpc) is 2.38. The molecule has 1 aliphatic heterocycles. The largest absolute Gasteiger partial charge is 0.396 e. The van der Waals surface area contributed by atoms with Crippen molar-refractivity contribution in [3.63, 3.8) is 0 Å². The molecule has 0 amide bonds. The third kappa shape index (κ3) is 2.96. The van der Waals surface area contributed by atoms with Crippen LogP contribution in [0.4, 0.5) is 0 Å². The van der Waals surface area contributed by atoms with Crippen LogP contribution in [0, 0.1) is 17.8 Å². The molecular weight excluding hydrogens is 162 g/mol. The van der Waals surface area contributed by atoms with Gasteiger partial charge < -0.3 is 10.4 Å². The molecule has 0 spiro atoms. The molecule has 1 aliphatic rings. The Hall–Kier alpha value is -0.0800. The Morgan fingerprint density at radius 3 is 2.46 bits per heavy atom. The molecule has 1 rings (SSSR count). The molecule has 0 saturated carbocycles. The van der Waals surface area contributed by atoms with Crippen LogP contribution in [-0.2, 0) is 0 Å². The van der Waals surface area contributed by atoms with Gasteiger partial charge in [0.1, 0.15) is 0 Å². The molecule has 1 heterocycles. The Morgan fingerprint density at radius 2 is 1.92 bits per heavy atom. The molecular formula is C11H23NO. The van der Waals surface area contributed by atoms with Gasteiger partial charge in [0.15, 0.2) is 0 Å². The van der Waals surface area contributed by atoms with Gasteiger partial charge in [0.05, 0.1) is 0 Å². The fraction of sp³-hybridized carbons (Fsp3) is 1.00. The minimum atomic E-state index is 0.372. The fourth-order valence-corrected chi connectivity index (χ4v) is 2.36. The molecule has 0 aliphatic carbocycles. The Balaban J connectivity index is 2.51. The average molecular weight is 185 g/mol. The zero-order valence-corrected chi connectivity index (χ0v) is 8.92. The van der Waals surface area contributed by atoms with Crippen LogP contribution in [0.2, 0.25) is 0 Å². The lowest BCUT2D eigenvalue weighted by Gasteiger charge is -2.22. The van der Waals surface area contributed by atoms with E-state index in [0.29, 0.717) is 18.4 Å². The maximum atomic E-state index is 9.30. The minimum absolute atomic E-state index is 0.372.